The third-order valence-electron chi connectivity index (χ3n) is 3.26. The minimum Gasteiger partial charge on any atom is -0.477 e. The first-order valence-corrected chi connectivity index (χ1v) is 6.26. The molecule has 1 aromatic heterocycles. The highest BCUT2D eigenvalue weighted by Gasteiger charge is 2.23. The Morgan fingerprint density at radius 2 is 2.30 bits per heavy atom. The van der Waals surface area contributed by atoms with Crippen molar-refractivity contribution < 1.29 is 19.3 Å². The molecule has 0 saturated carbocycles. The molecule has 20 heavy (non-hydrogen) atoms. The normalized spacial score (nSPS) is 13.2. The van der Waals surface area contributed by atoms with Crippen molar-refractivity contribution in [1.82, 2.24) is 4.98 Å². The van der Waals surface area contributed by atoms with Gasteiger partial charge in [0.2, 0.25) is 5.88 Å². The van der Waals surface area contributed by atoms with E-state index in [1.807, 2.05) is 19.0 Å². The average molecular weight is 269 g/mol. The van der Waals surface area contributed by atoms with E-state index in [2.05, 4.69) is 4.98 Å². The molecule has 1 aromatic carbocycles. The molecule has 0 unspecified atom stereocenters. The molecule has 0 fully saturated rings. The van der Waals surface area contributed by atoms with Gasteiger partial charge in [0, 0.05) is 6.20 Å². The third-order valence-corrected chi connectivity index (χ3v) is 3.26. The standard InChI is InChI=1S/C14H12BNO4/c1-15-12-5-4-10(7-9(12)8-19-15)20-13-11(14(17)18)3-2-6-16-13/h2-7H,8H2,1H3,(H,17,18). The highest BCUT2D eigenvalue weighted by atomic mass is 16.5. The number of benzene rings is 1. The SMILES string of the molecule is CB1OCc2cc(Oc3ncccc3C(=O)O)ccc21. The predicted molar refractivity (Wildman–Crippen MR) is 73.8 cm³/mol. The van der Waals surface area contributed by atoms with E-state index in [4.69, 9.17) is 14.5 Å². The van der Waals surface area contributed by atoms with Crippen LogP contribution in [0.1, 0.15) is 15.9 Å². The van der Waals surface area contributed by atoms with Crippen molar-refractivity contribution in [3.63, 3.8) is 0 Å². The van der Waals surface area contributed by atoms with Crippen LogP contribution in [0.2, 0.25) is 6.82 Å². The zero-order valence-corrected chi connectivity index (χ0v) is 10.9. The number of pyridine rings is 1. The van der Waals surface area contributed by atoms with E-state index in [0.717, 1.165) is 11.0 Å². The van der Waals surface area contributed by atoms with Crippen LogP contribution in [-0.4, -0.2) is 23.0 Å². The topological polar surface area (TPSA) is 68.7 Å². The lowest BCUT2D eigenvalue weighted by Gasteiger charge is -2.08. The molecular weight excluding hydrogens is 257 g/mol. The smallest absolute Gasteiger partial charge is 0.341 e. The largest absolute Gasteiger partial charge is 0.477 e. The first-order chi connectivity index (χ1) is 9.65. The number of nitrogens with zero attached hydrogens (tertiary/aromatic N) is 1. The average Bonchev–Trinajstić information content (AvgIpc) is 2.80. The van der Waals surface area contributed by atoms with Gasteiger partial charge in [-0.3, -0.25) is 0 Å². The molecule has 1 aliphatic heterocycles. The Hall–Kier alpha value is -2.34. The molecule has 0 spiro atoms. The van der Waals surface area contributed by atoms with Crippen molar-refractivity contribution in [2.24, 2.45) is 0 Å². The monoisotopic (exact) mass is 269 g/mol. The van der Waals surface area contributed by atoms with Crippen LogP contribution in [0.5, 0.6) is 11.6 Å². The van der Waals surface area contributed by atoms with Gasteiger partial charge in [0.15, 0.2) is 0 Å². The van der Waals surface area contributed by atoms with Crippen LogP contribution in [0, 0.1) is 0 Å². The molecular formula is C14H12BNO4. The van der Waals surface area contributed by atoms with Crippen LogP contribution in [0.25, 0.3) is 0 Å². The molecule has 2 heterocycles. The van der Waals surface area contributed by atoms with Gasteiger partial charge in [-0.15, -0.1) is 0 Å². The highest BCUT2D eigenvalue weighted by molar-refractivity contribution is 6.67. The second-order valence-corrected chi connectivity index (χ2v) is 4.58. The lowest BCUT2D eigenvalue weighted by Crippen LogP contribution is -2.23. The zero-order valence-electron chi connectivity index (χ0n) is 10.9. The maximum atomic E-state index is 11.1. The summed E-state index contributed by atoms with van der Waals surface area (Å²) in [5, 5.41) is 9.09. The summed E-state index contributed by atoms with van der Waals surface area (Å²) in [5.41, 5.74) is 2.23. The number of ether oxygens (including phenoxy) is 1. The fourth-order valence-electron chi connectivity index (χ4n) is 2.22. The summed E-state index contributed by atoms with van der Waals surface area (Å²) in [4.78, 5) is 15.1. The van der Waals surface area contributed by atoms with Crippen LogP contribution in [0.15, 0.2) is 36.5 Å². The number of hydrogen-bond donors (Lipinski definition) is 1. The first kappa shape index (κ1) is 12.7. The number of carboxylic acids is 1. The van der Waals surface area contributed by atoms with E-state index < -0.39 is 5.97 Å². The summed E-state index contributed by atoms with van der Waals surface area (Å²) < 4.78 is 11.1. The number of aromatic carboxylic acids is 1. The van der Waals surface area contributed by atoms with E-state index in [1.165, 1.54) is 12.3 Å². The quantitative estimate of drug-likeness (QED) is 0.862. The van der Waals surface area contributed by atoms with Crippen LogP contribution >= 0.6 is 0 Å². The summed E-state index contributed by atoms with van der Waals surface area (Å²) in [6.07, 6.45) is 1.50. The zero-order chi connectivity index (χ0) is 14.1. The summed E-state index contributed by atoms with van der Waals surface area (Å²) in [7, 11) is 0. The molecule has 0 saturated heterocycles. The van der Waals surface area contributed by atoms with Crippen LogP contribution in [-0.2, 0) is 11.3 Å². The predicted octanol–water partition coefficient (Wildman–Crippen LogP) is 1.93. The number of fused-ring (bicyclic) bond motifs is 1. The minimum atomic E-state index is -1.06. The van der Waals surface area contributed by atoms with E-state index in [1.54, 1.807) is 12.1 Å². The van der Waals surface area contributed by atoms with Gasteiger partial charge in [0.25, 0.3) is 0 Å². The van der Waals surface area contributed by atoms with E-state index in [0.29, 0.717) is 12.4 Å². The molecule has 0 aliphatic carbocycles. The Bertz CT molecular complexity index is 674. The molecule has 0 bridgehead atoms. The lowest BCUT2D eigenvalue weighted by molar-refractivity contribution is 0.0693. The maximum absolute atomic E-state index is 11.1. The molecule has 2 aromatic rings. The second kappa shape index (κ2) is 4.98. The Kier molecular flexibility index (Phi) is 3.16. The summed E-state index contributed by atoms with van der Waals surface area (Å²) in [6.45, 7) is 2.62. The van der Waals surface area contributed by atoms with Crippen LogP contribution in [0.4, 0.5) is 0 Å². The number of rotatable bonds is 3. The van der Waals surface area contributed by atoms with Crippen LogP contribution in [0.3, 0.4) is 0 Å². The molecule has 1 aliphatic rings. The van der Waals surface area contributed by atoms with E-state index in [-0.39, 0.29) is 18.4 Å². The van der Waals surface area contributed by atoms with Gasteiger partial charge in [-0.2, -0.15) is 0 Å². The van der Waals surface area contributed by atoms with Crippen LogP contribution < -0.4 is 10.2 Å². The Balaban J connectivity index is 1.91. The van der Waals surface area contributed by atoms with Crippen molar-refractivity contribution >= 4 is 18.3 Å². The fourth-order valence-corrected chi connectivity index (χ4v) is 2.22. The molecule has 5 nitrogen and oxygen atoms in total. The van der Waals surface area contributed by atoms with Gasteiger partial charge in [0.1, 0.15) is 11.3 Å². The van der Waals surface area contributed by atoms with Crippen molar-refractivity contribution in [2.75, 3.05) is 0 Å². The summed E-state index contributed by atoms with van der Waals surface area (Å²) >= 11 is 0. The summed E-state index contributed by atoms with van der Waals surface area (Å²) in [5.74, 6) is -0.416. The van der Waals surface area contributed by atoms with Gasteiger partial charge in [-0.1, -0.05) is 12.9 Å². The van der Waals surface area contributed by atoms with Gasteiger partial charge in [0.05, 0.1) is 6.61 Å². The second-order valence-electron chi connectivity index (χ2n) is 4.58. The molecule has 0 atom stereocenters. The van der Waals surface area contributed by atoms with Gasteiger partial charge >= 0.3 is 12.9 Å². The Morgan fingerprint density at radius 1 is 1.45 bits per heavy atom. The Morgan fingerprint density at radius 3 is 3.10 bits per heavy atom. The maximum Gasteiger partial charge on any atom is 0.341 e. The third kappa shape index (κ3) is 2.25. The number of carboxylic acid groups (broad SMARTS) is 1. The van der Waals surface area contributed by atoms with E-state index >= 15 is 0 Å². The summed E-state index contributed by atoms with van der Waals surface area (Å²) in [6, 6.07) is 8.62. The number of carbonyl (C=O) groups is 1. The van der Waals surface area contributed by atoms with Crippen molar-refractivity contribution in [3.8, 4) is 11.6 Å². The van der Waals surface area contributed by atoms with Gasteiger partial charge in [-0.05, 0) is 35.3 Å². The fraction of sp³-hybridized carbons (Fsp3) is 0.143. The van der Waals surface area contributed by atoms with Crippen molar-refractivity contribution in [3.05, 3.63) is 47.7 Å². The first-order valence-electron chi connectivity index (χ1n) is 6.26. The molecule has 100 valence electrons. The Labute approximate surface area is 116 Å². The van der Waals surface area contributed by atoms with Crippen molar-refractivity contribution in [1.29, 1.82) is 0 Å². The number of aromatic nitrogens is 1. The molecule has 1 N–H and O–H groups in total. The number of hydrogen-bond acceptors (Lipinski definition) is 4. The highest BCUT2D eigenvalue weighted by Crippen LogP contribution is 2.25. The molecule has 3 rings (SSSR count). The van der Waals surface area contributed by atoms with Crippen molar-refractivity contribution in [2.45, 2.75) is 13.4 Å². The van der Waals surface area contributed by atoms with E-state index in [9.17, 15) is 4.79 Å². The molecule has 0 radical (unpaired) electrons. The molecule has 0 amide bonds. The lowest BCUT2D eigenvalue weighted by atomic mass is 9.64. The minimum absolute atomic E-state index is 0.0395. The van der Waals surface area contributed by atoms with Gasteiger partial charge in [-0.25, -0.2) is 9.78 Å². The molecule has 6 heteroatoms. The van der Waals surface area contributed by atoms with Gasteiger partial charge < -0.3 is 14.5 Å².